The molecular weight excluding hydrogens is 240 g/mol. The molecule has 2 aromatic rings. The van der Waals surface area contributed by atoms with Gasteiger partial charge in [0.25, 0.3) is 0 Å². The Kier molecular flexibility index (Phi) is 4.87. The number of ether oxygens (including phenoxy) is 1. The average molecular weight is 262 g/mol. The fraction of sp³-hybridized carbons (Fsp3) is 0.571. The maximum absolute atomic E-state index is 5.56. The van der Waals surface area contributed by atoms with Gasteiger partial charge in [-0.1, -0.05) is 0 Å². The van der Waals surface area contributed by atoms with Crippen LogP contribution in [0.4, 0.5) is 0 Å². The maximum atomic E-state index is 5.56. The van der Waals surface area contributed by atoms with Crippen molar-refractivity contribution in [3.63, 3.8) is 0 Å². The van der Waals surface area contributed by atoms with E-state index in [9.17, 15) is 0 Å². The van der Waals surface area contributed by atoms with Gasteiger partial charge in [-0.05, 0) is 39.3 Å². The molecule has 0 spiro atoms. The van der Waals surface area contributed by atoms with E-state index in [1.807, 2.05) is 20.0 Å². The van der Waals surface area contributed by atoms with Crippen molar-refractivity contribution in [1.82, 2.24) is 14.5 Å². The first-order chi connectivity index (χ1) is 9.26. The zero-order valence-electron chi connectivity index (χ0n) is 11.7. The molecule has 2 heterocycles. The van der Waals surface area contributed by atoms with E-state index >= 15 is 0 Å². The zero-order chi connectivity index (χ0) is 13.7. The van der Waals surface area contributed by atoms with Crippen molar-refractivity contribution in [3.05, 3.63) is 23.8 Å². The van der Waals surface area contributed by atoms with Crippen molar-refractivity contribution < 1.29 is 4.74 Å². The Balaban J connectivity index is 2.32. The van der Waals surface area contributed by atoms with Crippen LogP contribution in [0, 0.1) is 6.92 Å². The summed E-state index contributed by atoms with van der Waals surface area (Å²) in [5, 5.41) is 0. The molecule has 0 saturated carbocycles. The fourth-order valence-electron chi connectivity index (χ4n) is 2.15. The molecule has 0 aliphatic rings. The number of aromatic nitrogens is 3. The molecule has 5 heteroatoms. The Morgan fingerprint density at radius 1 is 1.37 bits per heavy atom. The third kappa shape index (κ3) is 3.30. The Morgan fingerprint density at radius 2 is 2.21 bits per heavy atom. The van der Waals surface area contributed by atoms with Gasteiger partial charge >= 0.3 is 0 Å². The van der Waals surface area contributed by atoms with Crippen LogP contribution >= 0.6 is 0 Å². The van der Waals surface area contributed by atoms with Gasteiger partial charge in [0.05, 0.1) is 11.7 Å². The Morgan fingerprint density at radius 3 is 2.95 bits per heavy atom. The standard InChI is InChI=1S/C14H22N4O/c1-3-19-10-14-17-12-9-16-11(2)8-13(12)18(14)7-5-4-6-15/h8-9H,3-7,10,15H2,1-2H3. The van der Waals surface area contributed by atoms with Gasteiger partial charge in [0.1, 0.15) is 17.9 Å². The molecule has 0 atom stereocenters. The molecule has 19 heavy (non-hydrogen) atoms. The van der Waals surface area contributed by atoms with Crippen LogP contribution in [0.15, 0.2) is 12.3 Å². The number of rotatable bonds is 7. The molecule has 0 amide bonds. The highest BCUT2D eigenvalue weighted by atomic mass is 16.5. The molecule has 5 nitrogen and oxygen atoms in total. The number of hydrogen-bond donors (Lipinski definition) is 1. The van der Waals surface area contributed by atoms with Crippen LogP contribution in [-0.2, 0) is 17.9 Å². The monoisotopic (exact) mass is 262 g/mol. The summed E-state index contributed by atoms with van der Waals surface area (Å²) < 4.78 is 7.73. The Hall–Kier alpha value is -1.46. The van der Waals surface area contributed by atoms with Gasteiger partial charge in [-0.3, -0.25) is 4.98 Å². The molecule has 2 aromatic heterocycles. The van der Waals surface area contributed by atoms with Crippen molar-refractivity contribution in [2.45, 2.75) is 39.8 Å². The lowest BCUT2D eigenvalue weighted by Crippen LogP contribution is -2.08. The topological polar surface area (TPSA) is 66.0 Å². The molecule has 0 saturated heterocycles. The third-order valence-corrected chi connectivity index (χ3v) is 3.12. The van der Waals surface area contributed by atoms with Crippen molar-refractivity contribution in [2.75, 3.05) is 13.2 Å². The lowest BCUT2D eigenvalue weighted by atomic mass is 10.3. The number of imidazole rings is 1. The first-order valence-electron chi connectivity index (χ1n) is 6.85. The second kappa shape index (κ2) is 6.63. The summed E-state index contributed by atoms with van der Waals surface area (Å²) in [6.07, 6.45) is 3.92. The van der Waals surface area contributed by atoms with Crippen LogP contribution in [0.3, 0.4) is 0 Å². The smallest absolute Gasteiger partial charge is 0.136 e. The number of hydrogen-bond acceptors (Lipinski definition) is 4. The quantitative estimate of drug-likeness (QED) is 0.775. The number of nitrogens with two attached hydrogens (primary N) is 1. The van der Waals surface area contributed by atoms with Crippen LogP contribution in [0.5, 0.6) is 0 Å². The van der Waals surface area contributed by atoms with Gasteiger partial charge in [0, 0.05) is 18.8 Å². The minimum atomic E-state index is 0.548. The zero-order valence-corrected chi connectivity index (χ0v) is 11.7. The average Bonchev–Trinajstić information content (AvgIpc) is 2.74. The summed E-state index contributed by atoms with van der Waals surface area (Å²) >= 11 is 0. The maximum Gasteiger partial charge on any atom is 0.136 e. The lowest BCUT2D eigenvalue weighted by Gasteiger charge is -2.09. The molecule has 0 fully saturated rings. The number of aryl methyl sites for hydroxylation is 2. The second-order valence-corrected chi connectivity index (χ2v) is 4.63. The van der Waals surface area contributed by atoms with Crippen molar-refractivity contribution in [2.24, 2.45) is 5.73 Å². The first kappa shape index (κ1) is 14.0. The van der Waals surface area contributed by atoms with E-state index in [-0.39, 0.29) is 0 Å². The summed E-state index contributed by atoms with van der Waals surface area (Å²) in [5.41, 5.74) is 8.65. The number of pyridine rings is 1. The van der Waals surface area contributed by atoms with Crippen LogP contribution in [-0.4, -0.2) is 27.7 Å². The van der Waals surface area contributed by atoms with Crippen LogP contribution in [0.1, 0.15) is 31.3 Å². The highest BCUT2D eigenvalue weighted by Crippen LogP contribution is 2.18. The van der Waals surface area contributed by atoms with E-state index in [1.165, 1.54) is 0 Å². The van der Waals surface area contributed by atoms with Gasteiger partial charge in [0.15, 0.2) is 0 Å². The van der Waals surface area contributed by atoms with E-state index < -0.39 is 0 Å². The third-order valence-electron chi connectivity index (χ3n) is 3.12. The summed E-state index contributed by atoms with van der Waals surface area (Å²) in [4.78, 5) is 8.92. The van der Waals surface area contributed by atoms with Crippen molar-refractivity contribution in [1.29, 1.82) is 0 Å². The molecule has 2 rings (SSSR count). The minimum absolute atomic E-state index is 0.548. The Labute approximate surface area is 113 Å². The number of nitrogens with zero attached hydrogens (tertiary/aromatic N) is 3. The normalized spacial score (nSPS) is 11.3. The molecular formula is C14H22N4O. The van der Waals surface area contributed by atoms with Crippen LogP contribution in [0.25, 0.3) is 11.0 Å². The molecule has 0 unspecified atom stereocenters. The van der Waals surface area contributed by atoms with Crippen molar-refractivity contribution in [3.8, 4) is 0 Å². The van der Waals surface area contributed by atoms with Gasteiger partial charge in [-0.25, -0.2) is 4.98 Å². The largest absolute Gasteiger partial charge is 0.374 e. The van der Waals surface area contributed by atoms with Crippen LogP contribution in [0.2, 0.25) is 0 Å². The summed E-state index contributed by atoms with van der Waals surface area (Å²) in [6, 6.07) is 2.08. The van der Waals surface area contributed by atoms with Gasteiger partial charge < -0.3 is 15.0 Å². The number of unbranched alkanes of at least 4 members (excludes halogenated alkanes) is 1. The van der Waals surface area contributed by atoms with Gasteiger partial charge in [0.2, 0.25) is 0 Å². The van der Waals surface area contributed by atoms with E-state index in [4.69, 9.17) is 10.5 Å². The minimum Gasteiger partial charge on any atom is -0.374 e. The predicted octanol–water partition coefficient (Wildman–Crippen LogP) is 2.02. The molecule has 0 bridgehead atoms. The fourth-order valence-corrected chi connectivity index (χ4v) is 2.15. The lowest BCUT2D eigenvalue weighted by molar-refractivity contribution is 0.126. The number of fused-ring (bicyclic) bond motifs is 1. The Bertz CT molecular complexity index is 535. The molecule has 0 radical (unpaired) electrons. The van der Waals surface area contributed by atoms with Gasteiger partial charge in [-0.15, -0.1) is 0 Å². The predicted molar refractivity (Wildman–Crippen MR) is 75.9 cm³/mol. The molecule has 104 valence electrons. The second-order valence-electron chi connectivity index (χ2n) is 4.63. The highest BCUT2D eigenvalue weighted by molar-refractivity contribution is 5.75. The van der Waals surface area contributed by atoms with E-state index in [2.05, 4.69) is 20.6 Å². The van der Waals surface area contributed by atoms with Crippen molar-refractivity contribution >= 4 is 11.0 Å². The summed E-state index contributed by atoms with van der Waals surface area (Å²) in [5.74, 6) is 0.973. The van der Waals surface area contributed by atoms with E-state index in [0.717, 1.165) is 48.5 Å². The molecule has 0 aliphatic carbocycles. The van der Waals surface area contributed by atoms with E-state index in [1.54, 1.807) is 0 Å². The van der Waals surface area contributed by atoms with E-state index in [0.29, 0.717) is 13.2 Å². The SMILES string of the molecule is CCOCc1nc2cnc(C)cc2n1CCCCN. The molecule has 0 aliphatic heterocycles. The molecule has 0 aromatic carbocycles. The van der Waals surface area contributed by atoms with Crippen LogP contribution < -0.4 is 5.73 Å². The first-order valence-corrected chi connectivity index (χ1v) is 6.85. The summed E-state index contributed by atoms with van der Waals surface area (Å²) in [6.45, 7) is 6.90. The van der Waals surface area contributed by atoms with Gasteiger partial charge in [-0.2, -0.15) is 0 Å². The molecule has 2 N–H and O–H groups in total. The highest BCUT2D eigenvalue weighted by Gasteiger charge is 2.11. The summed E-state index contributed by atoms with van der Waals surface area (Å²) in [7, 11) is 0.